The van der Waals surface area contributed by atoms with Crippen molar-refractivity contribution in [1.29, 1.82) is 0 Å². The molecular weight excluding hydrogens is 547 g/mol. The molecule has 210 valence electrons. The number of esters is 1. The molecule has 2 amide bonds. The number of nitrogens with zero attached hydrogens (tertiary/aromatic N) is 1. The van der Waals surface area contributed by atoms with Crippen molar-refractivity contribution in [3.05, 3.63) is 107 Å². The molecule has 0 unspecified atom stereocenters. The number of nitrogens with one attached hydrogen (secondary N) is 1. The average Bonchev–Trinajstić information content (AvgIpc) is 2.96. The summed E-state index contributed by atoms with van der Waals surface area (Å²) in [6.07, 6.45) is 1.98. The molecule has 0 radical (unpaired) electrons. The van der Waals surface area contributed by atoms with E-state index in [-0.39, 0.29) is 43.1 Å². The molecule has 1 aliphatic carbocycles. The second-order valence-electron chi connectivity index (χ2n) is 10.1. The van der Waals surface area contributed by atoms with Gasteiger partial charge in [0.1, 0.15) is 11.4 Å². The number of unbranched alkanes of at least 4 members (excludes halogenated alkanes) is 1. The average molecular weight is 582 g/mol. The predicted molar refractivity (Wildman–Crippen MR) is 157 cm³/mol. The summed E-state index contributed by atoms with van der Waals surface area (Å²) in [5, 5.41) is 3.78. The van der Waals surface area contributed by atoms with Crippen LogP contribution in [0.25, 0.3) is 0 Å². The number of hydrogen-bond donors (Lipinski definition) is 1. The lowest BCUT2D eigenvalue weighted by Crippen LogP contribution is -2.68. The van der Waals surface area contributed by atoms with E-state index in [9.17, 15) is 14.4 Å². The number of alkyl halides is 1. The molecule has 4 rings (SSSR count). The first-order chi connectivity index (χ1) is 19.4. The summed E-state index contributed by atoms with van der Waals surface area (Å²) in [7, 11) is 0. The van der Waals surface area contributed by atoms with E-state index in [1.807, 2.05) is 79.7 Å². The minimum atomic E-state index is -1.28. The van der Waals surface area contributed by atoms with Crippen LogP contribution in [0.3, 0.4) is 0 Å². The maximum Gasteiger partial charge on any atom is 0.309 e. The van der Waals surface area contributed by atoms with Crippen LogP contribution in [0.4, 0.5) is 0 Å². The molecule has 0 aromatic heterocycles. The van der Waals surface area contributed by atoms with E-state index >= 15 is 0 Å². The van der Waals surface area contributed by atoms with Gasteiger partial charge < -0.3 is 15.0 Å². The Morgan fingerprint density at radius 1 is 0.950 bits per heavy atom. The summed E-state index contributed by atoms with van der Waals surface area (Å²) in [6.45, 7) is 2.51. The van der Waals surface area contributed by atoms with Gasteiger partial charge in [0.05, 0.1) is 18.6 Å². The van der Waals surface area contributed by atoms with Crippen molar-refractivity contribution in [3.63, 3.8) is 0 Å². The van der Waals surface area contributed by atoms with Crippen molar-refractivity contribution < 1.29 is 19.1 Å². The van der Waals surface area contributed by atoms with Crippen molar-refractivity contribution in [2.45, 2.75) is 50.7 Å². The van der Waals surface area contributed by atoms with E-state index in [1.165, 1.54) is 4.90 Å². The van der Waals surface area contributed by atoms with Gasteiger partial charge in [-0.05, 0) is 48.1 Å². The summed E-state index contributed by atoms with van der Waals surface area (Å²) >= 11 is 12.2. The number of carbonyl (C=O) groups is 3. The lowest BCUT2D eigenvalue weighted by atomic mass is 9.66. The molecule has 1 fully saturated rings. The maximum absolute atomic E-state index is 14.3. The van der Waals surface area contributed by atoms with Crippen molar-refractivity contribution in [2.24, 2.45) is 5.92 Å². The molecule has 3 aromatic rings. The molecular formula is C32H34Cl2N2O4. The van der Waals surface area contributed by atoms with Crippen LogP contribution in [0, 0.1) is 5.92 Å². The van der Waals surface area contributed by atoms with Gasteiger partial charge in [-0.3, -0.25) is 14.4 Å². The van der Waals surface area contributed by atoms with Crippen molar-refractivity contribution in [2.75, 3.05) is 12.5 Å². The van der Waals surface area contributed by atoms with E-state index in [0.29, 0.717) is 11.6 Å². The molecule has 1 N–H and O–H groups in total. The summed E-state index contributed by atoms with van der Waals surface area (Å²) in [5.41, 5.74) is 1.33. The second kappa shape index (κ2) is 13.8. The smallest absolute Gasteiger partial charge is 0.309 e. The van der Waals surface area contributed by atoms with Gasteiger partial charge in [0.15, 0.2) is 0 Å². The van der Waals surface area contributed by atoms with Gasteiger partial charge in [-0.2, -0.15) is 0 Å². The SMILES string of the molecule is CCCCOC(=O)C1CC(C(=O)NC(c2ccccc2)c2ccccc2)(N(Cc2ccc(Cl)cc2)C(=O)CCl)C1. The Morgan fingerprint density at radius 3 is 2.05 bits per heavy atom. The highest BCUT2D eigenvalue weighted by atomic mass is 35.5. The van der Waals surface area contributed by atoms with Crippen molar-refractivity contribution in [1.82, 2.24) is 10.2 Å². The monoisotopic (exact) mass is 580 g/mol. The number of halogens is 2. The van der Waals surface area contributed by atoms with Gasteiger partial charge in [0, 0.05) is 11.6 Å². The molecule has 1 saturated carbocycles. The number of rotatable bonds is 12. The van der Waals surface area contributed by atoms with Crippen LogP contribution in [0.5, 0.6) is 0 Å². The second-order valence-corrected chi connectivity index (χ2v) is 10.8. The number of ether oxygens (including phenoxy) is 1. The van der Waals surface area contributed by atoms with Crippen molar-refractivity contribution in [3.8, 4) is 0 Å². The Bertz CT molecular complexity index is 1240. The Balaban J connectivity index is 1.68. The van der Waals surface area contributed by atoms with Crippen LogP contribution in [0.1, 0.15) is 55.3 Å². The first kappa shape index (κ1) is 29.6. The molecule has 6 nitrogen and oxygen atoms in total. The molecule has 0 heterocycles. The molecule has 0 spiro atoms. The number of amides is 2. The highest BCUT2D eigenvalue weighted by Gasteiger charge is 2.58. The lowest BCUT2D eigenvalue weighted by molar-refractivity contribution is -0.170. The molecule has 0 atom stereocenters. The highest BCUT2D eigenvalue weighted by molar-refractivity contribution is 6.30. The third-order valence-electron chi connectivity index (χ3n) is 7.39. The van der Waals surface area contributed by atoms with Gasteiger partial charge in [-0.15, -0.1) is 11.6 Å². The zero-order chi connectivity index (χ0) is 28.5. The fourth-order valence-corrected chi connectivity index (χ4v) is 5.39. The summed E-state index contributed by atoms with van der Waals surface area (Å²) < 4.78 is 5.46. The largest absolute Gasteiger partial charge is 0.465 e. The zero-order valence-electron chi connectivity index (χ0n) is 22.5. The number of carbonyl (C=O) groups excluding carboxylic acids is 3. The van der Waals surface area contributed by atoms with Crippen LogP contribution in [-0.2, 0) is 25.7 Å². The Hall–Kier alpha value is -3.35. The molecule has 40 heavy (non-hydrogen) atoms. The maximum atomic E-state index is 14.3. The van der Waals surface area contributed by atoms with Gasteiger partial charge in [0.25, 0.3) is 0 Å². The van der Waals surface area contributed by atoms with Crippen LogP contribution >= 0.6 is 23.2 Å². The van der Waals surface area contributed by atoms with Crippen LogP contribution < -0.4 is 5.32 Å². The first-order valence-corrected chi connectivity index (χ1v) is 14.5. The van der Waals surface area contributed by atoms with Crippen LogP contribution in [0.15, 0.2) is 84.9 Å². The van der Waals surface area contributed by atoms with Crippen LogP contribution in [-0.4, -0.2) is 40.7 Å². The topological polar surface area (TPSA) is 75.7 Å². The normalized spacial score (nSPS) is 18.1. The van der Waals surface area contributed by atoms with E-state index < -0.39 is 17.5 Å². The van der Waals surface area contributed by atoms with E-state index in [2.05, 4.69) is 5.32 Å². The van der Waals surface area contributed by atoms with Crippen LogP contribution in [0.2, 0.25) is 5.02 Å². The Morgan fingerprint density at radius 2 is 1.52 bits per heavy atom. The molecule has 0 aliphatic heterocycles. The third-order valence-corrected chi connectivity index (χ3v) is 7.87. The van der Waals surface area contributed by atoms with Gasteiger partial charge >= 0.3 is 5.97 Å². The summed E-state index contributed by atoms with van der Waals surface area (Å²) in [6, 6.07) is 26.0. The quantitative estimate of drug-likeness (QED) is 0.155. The van der Waals surface area contributed by atoms with E-state index in [1.54, 1.807) is 12.1 Å². The molecule has 0 saturated heterocycles. The highest BCUT2D eigenvalue weighted by Crippen LogP contribution is 2.45. The summed E-state index contributed by atoms with van der Waals surface area (Å²) in [4.78, 5) is 42.0. The van der Waals surface area contributed by atoms with Gasteiger partial charge in [0.2, 0.25) is 11.8 Å². The molecule has 3 aromatic carbocycles. The van der Waals surface area contributed by atoms with Crippen molar-refractivity contribution >= 4 is 41.0 Å². The fourth-order valence-electron chi connectivity index (χ4n) is 5.12. The first-order valence-electron chi connectivity index (χ1n) is 13.6. The third kappa shape index (κ3) is 6.86. The number of benzene rings is 3. The summed E-state index contributed by atoms with van der Waals surface area (Å²) in [5.74, 6) is -1.86. The van der Waals surface area contributed by atoms with E-state index in [4.69, 9.17) is 27.9 Å². The lowest BCUT2D eigenvalue weighted by Gasteiger charge is -2.52. The standard InChI is InChI=1S/C32H34Cl2N2O4/c1-2-3-18-40-30(38)26-19-32(20-26,36(28(37)21-33)22-23-14-16-27(34)17-15-23)31(39)35-29(24-10-6-4-7-11-24)25-12-8-5-9-13-25/h4-17,26,29H,2-3,18-22H2,1H3,(H,35,39). The Kier molecular flexibility index (Phi) is 10.2. The number of hydrogen-bond acceptors (Lipinski definition) is 4. The van der Waals surface area contributed by atoms with Gasteiger partial charge in [-0.25, -0.2) is 0 Å². The van der Waals surface area contributed by atoms with Gasteiger partial charge in [-0.1, -0.05) is 97.7 Å². The minimum Gasteiger partial charge on any atom is -0.465 e. The minimum absolute atomic E-state index is 0.148. The molecule has 0 bridgehead atoms. The Labute approximate surface area is 245 Å². The predicted octanol–water partition coefficient (Wildman–Crippen LogP) is 6.31. The zero-order valence-corrected chi connectivity index (χ0v) is 24.0. The molecule has 8 heteroatoms. The molecule has 1 aliphatic rings. The fraction of sp³-hybridized carbons (Fsp3) is 0.344. The van der Waals surface area contributed by atoms with E-state index in [0.717, 1.165) is 29.5 Å².